The van der Waals surface area contributed by atoms with E-state index in [4.69, 9.17) is 0 Å². The lowest BCUT2D eigenvalue weighted by Gasteiger charge is -2.36. The number of thioether (sulfide) groups is 1. The lowest BCUT2D eigenvalue weighted by atomic mass is 9.74. The van der Waals surface area contributed by atoms with E-state index in [1.165, 1.54) is 17.8 Å². The summed E-state index contributed by atoms with van der Waals surface area (Å²) in [7, 11) is 0. The number of fused-ring (bicyclic) bond motifs is 2. The van der Waals surface area contributed by atoms with Crippen LogP contribution in [0.15, 0.2) is 54.2 Å². The molecule has 1 amide bonds. The second kappa shape index (κ2) is 7.43. The molecule has 1 atom stereocenters. The van der Waals surface area contributed by atoms with Crippen molar-refractivity contribution in [2.45, 2.75) is 23.3 Å². The Labute approximate surface area is 169 Å². The first-order valence-electron chi connectivity index (χ1n) is 9.59. The molecular weight excluding hydrogens is 373 g/mol. The van der Waals surface area contributed by atoms with Crippen molar-refractivity contribution in [3.63, 3.8) is 0 Å². The van der Waals surface area contributed by atoms with Crippen molar-refractivity contribution in [1.82, 2.24) is 14.8 Å². The summed E-state index contributed by atoms with van der Waals surface area (Å²) in [6.07, 6.45) is 7.24. The molecular formula is C22H25FN3OS+. The first-order valence-corrected chi connectivity index (χ1v) is 10.8. The third kappa shape index (κ3) is 2.91. The van der Waals surface area contributed by atoms with Gasteiger partial charge in [-0.2, -0.15) is 0 Å². The third-order valence-electron chi connectivity index (χ3n) is 6.15. The smallest absolute Gasteiger partial charge is 0.317 e. The van der Waals surface area contributed by atoms with E-state index in [0.717, 1.165) is 42.2 Å². The zero-order chi connectivity index (χ0) is 19.8. The number of carbonyl (C=O) groups excluding carboxylic acids is 1. The molecule has 1 saturated heterocycles. The first-order chi connectivity index (χ1) is 13.6. The van der Waals surface area contributed by atoms with E-state index in [0.29, 0.717) is 18.7 Å². The standard InChI is InChI=1S/C22H25FN3OS/c1-3-13-26(21(27)17-5-4-10-25-20(17)28-2)15-22(8-11-24-12-9-22)18-14-16(23)6-7-19(18)26/h3-7,10,14,24H,1,8-9,11-13,15H2,2H3/q+1. The highest BCUT2D eigenvalue weighted by Crippen LogP contribution is 2.51. The minimum Gasteiger partial charge on any atom is -0.317 e. The van der Waals surface area contributed by atoms with Gasteiger partial charge in [0.25, 0.3) is 0 Å². The van der Waals surface area contributed by atoms with Crippen LogP contribution in [0, 0.1) is 5.82 Å². The van der Waals surface area contributed by atoms with E-state index in [-0.39, 0.29) is 21.6 Å². The van der Waals surface area contributed by atoms with Gasteiger partial charge in [0.05, 0.1) is 5.41 Å². The molecule has 2 aliphatic rings. The summed E-state index contributed by atoms with van der Waals surface area (Å²) in [6, 6.07) is 8.58. The van der Waals surface area contributed by atoms with Crippen LogP contribution in [0.1, 0.15) is 28.8 Å². The summed E-state index contributed by atoms with van der Waals surface area (Å²) in [5.74, 6) is -0.227. The van der Waals surface area contributed by atoms with Crippen LogP contribution < -0.4 is 9.80 Å². The Kier molecular flexibility index (Phi) is 5.12. The van der Waals surface area contributed by atoms with Crippen LogP contribution in [0.25, 0.3) is 0 Å². The van der Waals surface area contributed by atoms with Gasteiger partial charge in [0.1, 0.15) is 35.2 Å². The number of rotatable bonds is 4. The lowest BCUT2D eigenvalue weighted by Crippen LogP contribution is -2.57. The summed E-state index contributed by atoms with van der Waals surface area (Å²) in [5.41, 5.74) is 2.32. The van der Waals surface area contributed by atoms with Gasteiger partial charge >= 0.3 is 5.91 Å². The van der Waals surface area contributed by atoms with Crippen molar-refractivity contribution >= 4 is 23.4 Å². The lowest BCUT2D eigenvalue weighted by molar-refractivity contribution is 0.0755. The highest BCUT2D eigenvalue weighted by Gasteiger charge is 2.57. The number of quaternary nitrogens is 1. The first kappa shape index (κ1) is 19.3. The van der Waals surface area contributed by atoms with Crippen LogP contribution in [0.5, 0.6) is 0 Å². The van der Waals surface area contributed by atoms with E-state index in [9.17, 15) is 9.18 Å². The molecule has 6 heteroatoms. The Morgan fingerprint density at radius 3 is 2.89 bits per heavy atom. The van der Waals surface area contributed by atoms with Gasteiger partial charge in [0.15, 0.2) is 0 Å². The second-order valence-electron chi connectivity index (χ2n) is 7.65. The Hall–Kier alpha value is -2.02. The Morgan fingerprint density at radius 2 is 2.18 bits per heavy atom. The van der Waals surface area contributed by atoms with Gasteiger partial charge in [-0.15, -0.1) is 11.8 Å². The maximum Gasteiger partial charge on any atom is 0.353 e. The van der Waals surface area contributed by atoms with E-state index in [1.54, 1.807) is 30.5 Å². The molecule has 0 saturated carbocycles. The third-order valence-corrected chi connectivity index (χ3v) is 6.86. The molecule has 0 bridgehead atoms. The van der Waals surface area contributed by atoms with Gasteiger partial charge in [-0.25, -0.2) is 18.7 Å². The van der Waals surface area contributed by atoms with E-state index in [2.05, 4.69) is 16.9 Å². The molecule has 1 aromatic heterocycles. The van der Waals surface area contributed by atoms with Gasteiger partial charge in [-0.05, 0) is 62.5 Å². The molecule has 4 nitrogen and oxygen atoms in total. The molecule has 2 aromatic rings. The SMILES string of the molecule is C=CC[N+]1(C(=O)c2cccnc2SC)CC2(CCNCC2)c2cc(F)ccc21. The molecule has 146 valence electrons. The topological polar surface area (TPSA) is 42.0 Å². The average Bonchev–Trinajstić information content (AvgIpc) is 2.98. The highest BCUT2D eigenvalue weighted by atomic mass is 32.2. The predicted molar refractivity (Wildman–Crippen MR) is 112 cm³/mol. The molecule has 1 spiro atoms. The molecule has 1 aromatic carbocycles. The van der Waals surface area contributed by atoms with E-state index < -0.39 is 0 Å². The predicted octanol–water partition coefficient (Wildman–Crippen LogP) is 3.91. The van der Waals surface area contributed by atoms with Crippen LogP contribution >= 0.6 is 11.8 Å². The van der Waals surface area contributed by atoms with Crippen LogP contribution in [0.4, 0.5) is 10.1 Å². The van der Waals surface area contributed by atoms with Gasteiger partial charge in [-0.3, -0.25) is 0 Å². The molecule has 2 aliphatic heterocycles. The number of carbonyl (C=O) groups is 1. The number of hydrogen-bond acceptors (Lipinski definition) is 4. The molecule has 1 fully saturated rings. The number of benzene rings is 1. The number of nitrogens with one attached hydrogen (secondary N) is 1. The molecule has 4 rings (SSSR count). The summed E-state index contributed by atoms with van der Waals surface area (Å²) in [6.45, 7) is 6.81. The van der Waals surface area contributed by atoms with Gasteiger partial charge in [0.2, 0.25) is 0 Å². The van der Waals surface area contributed by atoms with Crippen molar-refractivity contribution in [3.05, 3.63) is 66.1 Å². The van der Waals surface area contributed by atoms with Crippen molar-refractivity contribution < 1.29 is 9.18 Å². The second-order valence-corrected chi connectivity index (χ2v) is 8.45. The normalized spacial score (nSPS) is 22.8. The number of amides is 1. The Balaban J connectivity index is 1.91. The fraction of sp³-hybridized carbons (Fsp3) is 0.364. The molecule has 28 heavy (non-hydrogen) atoms. The van der Waals surface area contributed by atoms with E-state index >= 15 is 0 Å². The number of pyridine rings is 1. The molecule has 3 heterocycles. The Morgan fingerprint density at radius 1 is 1.39 bits per heavy atom. The van der Waals surface area contributed by atoms with Crippen molar-refractivity contribution in [1.29, 1.82) is 0 Å². The number of aromatic nitrogens is 1. The fourth-order valence-electron chi connectivity index (χ4n) is 4.92. The summed E-state index contributed by atoms with van der Waals surface area (Å²) in [5, 5.41) is 4.13. The van der Waals surface area contributed by atoms with Crippen molar-refractivity contribution in [2.75, 3.05) is 32.4 Å². The quantitative estimate of drug-likeness (QED) is 0.482. The number of piperidine rings is 1. The number of nitrogens with zero attached hydrogens (tertiary/aromatic N) is 2. The molecule has 0 radical (unpaired) electrons. The zero-order valence-electron chi connectivity index (χ0n) is 16.1. The average molecular weight is 399 g/mol. The van der Waals surface area contributed by atoms with Crippen molar-refractivity contribution in [2.24, 2.45) is 0 Å². The molecule has 1 unspecified atom stereocenters. The largest absolute Gasteiger partial charge is 0.353 e. The van der Waals surface area contributed by atoms with Crippen LogP contribution in [-0.2, 0) is 5.41 Å². The summed E-state index contributed by atoms with van der Waals surface area (Å²) in [4.78, 5) is 18.4. The van der Waals surface area contributed by atoms with Crippen molar-refractivity contribution in [3.8, 4) is 0 Å². The Bertz CT molecular complexity index is 926. The fourth-order valence-corrected chi connectivity index (χ4v) is 5.46. The number of hydrogen-bond donors (Lipinski definition) is 1. The minimum atomic E-state index is -0.242. The number of halogens is 1. The van der Waals surface area contributed by atoms with Gasteiger partial charge in [0, 0.05) is 17.8 Å². The van der Waals surface area contributed by atoms with Crippen LogP contribution in [-0.4, -0.2) is 43.3 Å². The highest BCUT2D eigenvalue weighted by molar-refractivity contribution is 7.98. The van der Waals surface area contributed by atoms with E-state index in [1.807, 2.05) is 12.3 Å². The zero-order valence-corrected chi connectivity index (χ0v) is 16.9. The molecule has 1 N–H and O–H groups in total. The summed E-state index contributed by atoms with van der Waals surface area (Å²) >= 11 is 1.47. The summed E-state index contributed by atoms with van der Waals surface area (Å²) < 4.78 is 14.4. The maximum absolute atomic E-state index is 14.2. The minimum absolute atomic E-state index is 0.0145. The van der Waals surface area contributed by atoms with Crippen LogP contribution in [0.2, 0.25) is 0 Å². The van der Waals surface area contributed by atoms with Crippen LogP contribution in [0.3, 0.4) is 0 Å². The molecule has 0 aliphatic carbocycles. The van der Waals surface area contributed by atoms with Gasteiger partial charge < -0.3 is 5.32 Å². The monoisotopic (exact) mass is 398 g/mol. The maximum atomic E-state index is 14.2. The van der Waals surface area contributed by atoms with Gasteiger partial charge in [-0.1, -0.05) is 6.58 Å².